The first-order chi connectivity index (χ1) is 20.2. The molecule has 214 valence electrons. The maximum absolute atomic E-state index is 13.3. The fraction of sp³-hybridized carbons (Fsp3) is 0.212. The molecule has 0 amide bonds. The largest absolute Gasteiger partial charge is 0.481 e. The number of hydrogen-bond donors (Lipinski definition) is 1. The van der Waals surface area contributed by atoms with Gasteiger partial charge in [-0.25, -0.2) is 4.79 Å². The van der Waals surface area contributed by atoms with Gasteiger partial charge in [0, 0.05) is 60.8 Å². The van der Waals surface area contributed by atoms with E-state index < -0.39 is 11.6 Å². The van der Waals surface area contributed by atoms with Gasteiger partial charge in [-0.15, -0.1) is 0 Å². The number of carbonyl (C=O) groups is 2. The highest BCUT2D eigenvalue weighted by atomic mass is 127. The lowest BCUT2D eigenvalue weighted by Crippen LogP contribution is -2.33. The average Bonchev–Trinajstić information content (AvgIpc) is 3.28. The number of rotatable bonds is 8. The molecule has 1 spiro atoms. The topological polar surface area (TPSA) is 94.5 Å². The van der Waals surface area contributed by atoms with Gasteiger partial charge in [0.25, 0.3) is 0 Å². The summed E-state index contributed by atoms with van der Waals surface area (Å²) in [5, 5.41) is 9.01. The lowest BCUT2D eigenvalue weighted by atomic mass is 9.77. The fourth-order valence-electron chi connectivity index (χ4n) is 5.68. The first kappa shape index (κ1) is 28.0. The van der Waals surface area contributed by atoms with Crippen LogP contribution in [-0.4, -0.2) is 38.0 Å². The average molecular weight is 677 g/mol. The van der Waals surface area contributed by atoms with Gasteiger partial charge < -0.3 is 29.0 Å². The van der Waals surface area contributed by atoms with Crippen molar-refractivity contribution in [2.45, 2.75) is 25.4 Å². The number of ether oxygens (including phenoxy) is 4. The normalized spacial score (nSPS) is 16.2. The van der Waals surface area contributed by atoms with Gasteiger partial charge in [0.2, 0.25) is 0 Å². The van der Waals surface area contributed by atoms with Gasteiger partial charge in [-0.05, 0) is 77.4 Å². The summed E-state index contributed by atoms with van der Waals surface area (Å²) in [6.45, 7) is 2.10. The second kappa shape index (κ2) is 11.0. The Kier molecular flexibility index (Phi) is 7.32. The molecule has 0 aliphatic carbocycles. The van der Waals surface area contributed by atoms with Crippen molar-refractivity contribution in [1.82, 2.24) is 0 Å². The molecule has 4 aromatic rings. The molecule has 1 unspecified atom stereocenters. The number of carboxylic acids is 1. The highest BCUT2D eigenvalue weighted by Gasteiger charge is 2.54. The zero-order valence-electron chi connectivity index (χ0n) is 23.3. The number of esters is 1. The zero-order chi connectivity index (χ0) is 29.6. The summed E-state index contributed by atoms with van der Waals surface area (Å²) in [7, 11) is 3.53. The molecule has 0 aromatic heterocycles. The number of carbonyl (C=O) groups excluding carboxylic acids is 1. The summed E-state index contributed by atoms with van der Waals surface area (Å²) in [5.74, 6) is 0.485. The Labute approximate surface area is 256 Å². The molecule has 2 aliphatic heterocycles. The molecule has 42 heavy (non-hydrogen) atoms. The van der Waals surface area contributed by atoms with E-state index in [2.05, 4.69) is 27.5 Å². The number of aryl methyl sites for hydroxylation is 2. The van der Waals surface area contributed by atoms with Crippen LogP contribution in [0.2, 0.25) is 0 Å². The molecular formula is C33H28INO7. The molecule has 9 heteroatoms. The van der Waals surface area contributed by atoms with Crippen molar-refractivity contribution in [3.8, 4) is 17.2 Å². The van der Waals surface area contributed by atoms with E-state index in [1.54, 1.807) is 13.2 Å². The van der Waals surface area contributed by atoms with Gasteiger partial charge in [0.15, 0.2) is 12.4 Å². The number of methoxy groups -OCH3 is 1. The lowest BCUT2D eigenvalue weighted by Gasteiger charge is -2.38. The molecule has 0 saturated carbocycles. The van der Waals surface area contributed by atoms with Crippen molar-refractivity contribution < 1.29 is 33.6 Å². The van der Waals surface area contributed by atoms with Crippen molar-refractivity contribution in [2.24, 2.45) is 0 Å². The third kappa shape index (κ3) is 4.66. The number of anilines is 2. The highest BCUT2D eigenvalue weighted by Crippen LogP contribution is 2.58. The van der Waals surface area contributed by atoms with Gasteiger partial charge in [-0.3, -0.25) is 4.79 Å². The summed E-state index contributed by atoms with van der Waals surface area (Å²) < 4.78 is 24.6. The molecule has 0 fully saturated rings. The fourth-order valence-corrected chi connectivity index (χ4v) is 6.31. The summed E-state index contributed by atoms with van der Waals surface area (Å²) in [4.78, 5) is 26.3. The zero-order valence-corrected chi connectivity index (χ0v) is 25.4. The molecule has 1 N–H and O–H groups in total. The predicted octanol–water partition coefficient (Wildman–Crippen LogP) is 6.94. The van der Waals surface area contributed by atoms with Crippen LogP contribution in [0.25, 0.3) is 0 Å². The summed E-state index contributed by atoms with van der Waals surface area (Å²) >= 11 is 2.21. The Morgan fingerprint density at radius 2 is 1.71 bits per heavy atom. The molecule has 8 nitrogen and oxygen atoms in total. The standard InChI is InChI=1S/C33H28INO7/c1-19-14-24-28(16-27(19)35(2)21-11-8-20(9-12-21)10-13-31(36)37)41-29-17-30(40-18-39-3)26(34)15-25(29)33(24)23-7-5-4-6-22(23)32(38)42-33/h4-9,11-12,14-17H,10,13,18H2,1-3H3,(H,36,37). The van der Waals surface area contributed by atoms with E-state index in [9.17, 15) is 9.59 Å². The third-order valence-corrected chi connectivity index (χ3v) is 8.57. The van der Waals surface area contributed by atoms with Crippen molar-refractivity contribution >= 4 is 45.9 Å². The van der Waals surface area contributed by atoms with Crippen LogP contribution in [-0.2, 0) is 26.3 Å². The van der Waals surface area contributed by atoms with Crippen LogP contribution in [0.3, 0.4) is 0 Å². The van der Waals surface area contributed by atoms with E-state index >= 15 is 0 Å². The van der Waals surface area contributed by atoms with Crippen molar-refractivity contribution in [3.63, 3.8) is 0 Å². The van der Waals surface area contributed by atoms with Crippen LogP contribution in [0.4, 0.5) is 11.4 Å². The van der Waals surface area contributed by atoms with Crippen LogP contribution in [0, 0.1) is 10.5 Å². The van der Waals surface area contributed by atoms with Crippen molar-refractivity contribution in [2.75, 3.05) is 25.9 Å². The Hall–Kier alpha value is -4.09. The molecular weight excluding hydrogens is 649 g/mol. The van der Waals surface area contributed by atoms with E-state index in [-0.39, 0.29) is 19.2 Å². The second-order valence-electron chi connectivity index (χ2n) is 10.3. The Bertz CT molecular complexity index is 1720. The SMILES string of the molecule is COCOc1cc2c(cc1I)C1(OC(=O)c3ccccc31)c1cc(C)c(N(C)c3ccc(CCC(=O)O)cc3)cc1O2. The first-order valence-electron chi connectivity index (χ1n) is 13.4. The number of aliphatic carboxylic acids is 1. The van der Waals surface area contributed by atoms with Gasteiger partial charge in [-0.1, -0.05) is 30.3 Å². The number of nitrogens with zero attached hydrogens (tertiary/aromatic N) is 1. The molecule has 2 heterocycles. The quantitative estimate of drug-likeness (QED) is 0.122. The predicted molar refractivity (Wildman–Crippen MR) is 165 cm³/mol. The van der Waals surface area contributed by atoms with Crippen LogP contribution in [0.15, 0.2) is 72.8 Å². The summed E-state index contributed by atoms with van der Waals surface area (Å²) in [5.41, 5.74) is 5.33. The Morgan fingerprint density at radius 3 is 2.45 bits per heavy atom. The van der Waals surface area contributed by atoms with Crippen LogP contribution in [0.1, 0.15) is 44.6 Å². The Balaban J connectivity index is 1.47. The molecule has 2 aliphatic rings. The molecule has 0 saturated heterocycles. The van der Waals surface area contributed by atoms with Crippen molar-refractivity contribution in [3.05, 3.63) is 110 Å². The van der Waals surface area contributed by atoms with Gasteiger partial charge >= 0.3 is 11.9 Å². The van der Waals surface area contributed by atoms with E-state index in [0.717, 1.165) is 42.8 Å². The minimum atomic E-state index is -1.19. The minimum absolute atomic E-state index is 0.0809. The Morgan fingerprint density at radius 1 is 1.00 bits per heavy atom. The van der Waals surface area contributed by atoms with Gasteiger partial charge in [-0.2, -0.15) is 0 Å². The molecule has 0 radical (unpaired) electrons. The van der Waals surface area contributed by atoms with Gasteiger partial charge in [0.1, 0.15) is 17.2 Å². The van der Waals surface area contributed by atoms with Crippen LogP contribution in [0.5, 0.6) is 17.2 Å². The second-order valence-corrected chi connectivity index (χ2v) is 11.5. The maximum atomic E-state index is 13.3. The van der Waals surface area contributed by atoms with Gasteiger partial charge in [0.05, 0.1) is 9.13 Å². The molecule has 1 atom stereocenters. The van der Waals surface area contributed by atoms with E-state index in [4.69, 9.17) is 24.1 Å². The monoisotopic (exact) mass is 677 g/mol. The maximum Gasteiger partial charge on any atom is 0.340 e. The highest BCUT2D eigenvalue weighted by molar-refractivity contribution is 14.1. The van der Waals surface area contributed by atoms with Crippen LogP contribution >= 0.6 is 22.6 Å². The smallest absolute Gasteiger partial charge is 0.340 e. The van der Waals surface area contributed by atoms with E-state index in [1.165, 1.54) is 0 Å². The number of benzene rings is 4. The number of carboxylic acid groups (broad SMARTS) is 1. The summed E-state index contributed by atoms with van der Waals surface area (Å²) in [6, 6.07) is 23.1. The van der Waals surface area contributed by atoms with E-state index in [1.807, 2.05) is 80.7 Å². The third-order valence-electron chi connectivity index (χ3n) is 7.73. The molecule has 0 bridgehead atoms. The summed E-state index contributed by atoms with van der Waals surface area (Å²) in [6.07, 6.45) is 0.562. The number of fused-ring (bicyclic) bond motifs is 6. The van der Waals surface area contributed by atoms with Crippen LogP contribution < -0.4 is 14.4 Å². The van der Waals surface area contributed by atoms with Crippen molar-refractivity contribution in [1.29, 1.82) is 0 Å². The number of halogens is 1. The number of hydrogen-bond acceptors (Lipinski definition) is 7. The minimum Gasteiger partial charge on any atom is -0.481 e. The first-order valence-corrected chi connectivity index (χ1v) is 14.5. The van der Waals surface area contributed by atoms with E-state index in [0.29, 0.717) is 29.2 Å². The lowest BCUT2D eigenvalue weighted by molar-refractivity contribution is -0.136. The molecule has 4 aromatic carbocycles. The molecule has 6 rings (SSSR count).